The molecule has 4 nitrogen and oxygen atoms in total. The third-order valence-electron chi connectivity index (χ3n) is 2.22. The topological polar surface area (TPSA) is 74.6 Å². The van der Waals surface area contributed by atoms with E-state index < -0.39 is 10.1 Å². The zero-order valence-electron chi connectivity index (χ0n) is 8.85. The van der Waals surface area contributed by atoms with Crippen LogP contribution in [0.25, 0.3) is 0 Å². The average molecular weight is 230 g/mol. The lowest BCUT2D eigenvalue weighted by Crippen LogP contribution is -2.03. The molecule has 0 fully saturated rings. The second-order valence-electron chi connectivity index (χ2n) is 3.81. The predicted molar refractivity (Wildman–Crippen MR) is 56.7 cm³/mol. The number of aryl methyl sites for hydroxylation is 1. The molecule has 2 N–H and O–H groups in total. The van der Waals surface area contributed by atoms with E-state index in [1.165, 1.54) is 19.1 Å². The molecule has 0 unspecified atom stereocenters. The first-order valence-corrected chi connectivity index (χ1v) is 5.98. The minimum absolute atomic E-state index is 0.00824. The molecule has 1 aromatic carbocycles. The van der Waals surface area contributed by atoms with Crippen molar-refractivity contribution in [3.05, 3.63) is 23.3 Å². The Balaban J connectivity index is 3.50. The SMILES string of the molecule is Cc1cc(O)c(C(C)C)cc1S(=O)(=O)O. The van der Waals surface area contributed by atoms with Crippen molar-refractivity contribution >= 4 is 10.1 Å². The number of hydrogen-bond donors (Lipinski definition) is 2. The standard InChI is InChI=1S/C10H14O4S/c1-6(2)8-5-10(15(12,13)14)7(3)4-9(8)11/h4-6,11H,1-3H3,(H,12,13,14). The molecule has 0 heterocycles. The van der Waals surface area contributed by atoms with E-state index in [1.807, 2.05) is 13.8 Å². The lowest BCUT2D eigenvalue weighted by Gasteiger charge is -2.11. The van der Waals surface area contributed by atoms with Gasteiger partial charge in [-0.3, -0.25) is 4.55 Å². The van der Waals surface area contributed by atoms with Crippen LogP contribution in [0.4, 0.5) is 0 Å². The number of phenols is 1. The van der Waals surface area contributed by atoms with Crippen LogP contribution in [0.3, 0.4) is 0 Å². The third-order valence-corrected chi connectivity index (χ3v) is 3.22. The van der Waals surface area contributed by atoms with Crippen LogP contribution in [0.15, 0.2) is 17.0 Å². The molecule has 0 saturated heterocycles. The summed E-state index contributed by atoms with van der Waals surface area (Å²) in [5, 5.41) is 9.58. The largest absolute Gasteiger partial charge is 0.508 e. The van der Waals surface area contributed by atoms with Gasteiger partial charge in [0.05, 0.1) is 4.90 Å². The molecule has 84 valence electrons. The first-order chi connectivity index (χ1) is 6.73. The molecular formula is C10H14O4S. The Bertz CT molecular complexity index is 474. The van der Waals surface area contributed by atoms with E-state index in [0.29, 0.717) is 11.1 Å². The van der Waals surface area contributed by atoms with E-state index in [0.717, 1.165) is 0 Å². The number of aromatic hydroxyl groups is 1. The van der Waals surface area contributed by atoms with E-state index >= 15 is 0 Å². The Kier molecular flexibility index (Phi) is 3.06. The van der Waals surface area contributed by atoms with Crippen molar-refractivity contribution in [2.45, 2.75) is 31.6 Å². The van der Waals surface area contributed by atoms with Crippen molar-refractivity contribution in [3.8, 4) is 5.75 Å². The van der Waals surface area contributed by atoms with Crippen LogP contribution in [0.5, 0.6) is 5.75 Å². The monoisotopic (exact) mass is 230 g/mol. The summed E-state index contributed by atoms with van der Waals surface area (Å²) in [4.78, 5) is -0.149. The van der Waals surface area contributed by atoms with Gasteiger partial charge < -0.3 is 5.11 Å². The molecule has 0 aliphatic rings. The Labute approximate surface area is 89.3 Å². The van der Waals surface area contributed by atoms with Crippen molar-refractivity contribution in [1.29, 1.82) is 0 Å². The molecule has 0 amide bonds. The van der Waals surface area contributed by atoms with Gasteiger partial charge in [-0.1, -0.05) is 13.8 Å². The maximum Gasteiger partial charge on any atom is 0.294 e. The fourth-order valence-corrected chi connectivity index (χ4v) is 2.17. The Hall–Kier alpha value is -1.07. The summed E-state index contributed by atoms with van der Waals surface area (Å²) in [6.45, 7) is 5.18. The molecular weight excluding hydrogens is 216 g/mol. The minimum Gasteiger partial charge on any atom is -0.508 e. The van der Waals surface area contributed by atoms with Gasteiger partial charge in [0, 0.05) is 0 Å². The van der Waals surface area contributed by atoms with Crippen LogP contribution in [-0.4, -0.2) is 18.1 Å². The normalized spacial score (nSPS) is 12.1. The molecule has 0 saturated carbocycles. The highest BCUT2D eigenvalue weighted by Crippen LogP contribution is 2.30. The molecule has 0 atom stereocenters. The Morgan fingerprint density at radius 1 is 1.27 bits per heavy atom. The first kappa shape index (κ1) is 12.0. The summed E-state index contributed by atoms with van der Waals surface area (Å²) in [6.07, 6.45) is 0. The van der Waals surface area contributed by atoms with Crippen LogP contribution in [0.2, 0.25) is 0 Å². The van der Waals surface area contributed by atoms with Crippen LogP contribution >= 0.6 is 0 Å². The summed E-state index contributed by atoms with van der Waals surface area (Å²) < 4.78 is 31.0. The zero-order chi connectivity index (χ0) is 11.8. The summed E-state index contributed by atoms with van der Waals surface area (Å²) in [5.41, 5.74) is 0.840. The van der Waals surface area contributed by atoms with Crippen LogP contribution in [0, 0.1) is 6.92 Å². The molecule has 1 aromatic rings. The van der Waals surface area contributed by atoms with Gasteiger partial charge in [-0.05, 0) is 36.1 Å². The lowest BCUT2D eigenvalue weighted by atomic mass is 10.0. The smallest absolute Gasteiger partial charge is 0.294 e. The Morgan fingerprint density at radius 2 is 1.80 bits per heavy atom. The van der Waals surface area contributed by atoms with E-state index in [9.17, 15) is 13.5 Å². The summed E-state index contributed by atoms with van der Waals surface area (Å²) >= 11 is 0. The molecule has 15 heavy (non-hydrogen) atoms. The quantitative estimate of drug-likeness (QED) is 0.763. The van der Waals surface area contributed by atoms with E-state index in [1.54, 1.807) is 0 Å². The molecule has 0 aliphatic carbocycles. The fourth-order valence-electron chi connectivity index (χ4n) is 1.43. The zero-order valence-corrected chi connectivity index (χ0v) is 9.67. The van der Waals surface area contributed by atoms with Crippen molar-refractivity contribution in [3.63, 3.8) is 0 Å². The van der Waals surface area contributed by atoms with Gasteiger partial charge in [0.2, 0.25) is 0 Å². The summed E-state index contributed by atoms with van der Waals surface area (Å²) in [7, 11) is -4.22. The van der Waals surface area contributed by atoms with Gasteiger partial charge in [0.15, 0.2) is 0 Å². The Morgan fingerprint density at radius 3 is 2.20 bits per heavy atom. The summed E-state index contributed by atoms with van der Waals surface area (Å²) in [5.74, 6) is 0.0426. The van der Waals surface area contributed by atoms with Gasteiger partial charge in [-0.15, -0.1) is 0 Å². The number of benzene rings is 1. The molecule has 0 aromatic heterocycles. The van der Waals surface area contributed by atoms with Crippen LogP contribution in [-0.2, 0) is 10.1 Å². The second kappa shape index (κ2) is 3.83. The molecule has 1 rings (SSSR count). The highest BCUT2D eigenvalue weighted by molar-refractivity contribution is 7.85. The van der Waals surface area contributed by atoms with Crippen molar-refractivity contribution in [2.75, 3.05) is 0 Å². The second-order valence-corrected chi connectivity index (χ2v) is 5.20. The fraction of sp³-hybridized carbons (Fsp3) is 0.400. The minimum atomic E-state index is -4.22. The number of phenolic OH excluding ortho intramolecular Hbond substituents is 1. The molecule has 0 radical (unpaired) electrons. The first-order valence-electron chi connectivity index (χ1n) is 4.54. The highest BCUT2D eigenvalue weighted by Gasteiger charge is 2.17. The van der Waals surface area contributed by atoms with Crippen LogP contribution in [0.1, 0.15) is 30.9 Å². The van der Waals surface area contributed by atoms with E-state index in [2.05, 4.69) is 0 Å². The predicted octanol–water partition coefficient (Wildman–Crippen LogP) is 2.07. The van der Waals surface area contributed by atoms with Crippen LogP contribution < -0.4 is 0 Å². The van der Waals surface area contributed by atoms with Gasteiger partial charge >= 0.3 is 0 Å². The van der Waals surface area contributed by atoms with E-state index in [4.69, 9.17) is 4.55 Å². The maximum atomic E-state index is 11.0. The van der Waals surface area contributed by atoms with Gasteiger partial charge in [0.25, 0.3) is 10.1 Å². The molecule has 0 bridgehead atoms. The average Bonchev–Trinajstić information content (AvgIpc) is 2.00. The van der Waals surface area contributed by atoms with Gasteiger partial charge in [-0.25, -0.2) is 0 Å². The van der Waals surface area contributed by atoms with E-state index in [-0.39, 0.29) is 16.6 Å². The van der Waals surface area contributed by atoms with Crippen molar-refractivity contribution < 1.29 is 18.1 Å². The summed E-state index contributed by atoms with van der Waals surface area (Å²) in [6, 6.07) is 2.66. The van der Waals surface area contributed by atoms with Gasteiger partial charge in [-0.2, -0.15) is 8.42 Å². The molecule has 0 spiro atoms. The van der Waals surface area contributed by atoms with Crippen molar-refractivity contribution in [1.82, 2.24) is 0 Å². The highest BCUT2D eigenvalue weighted by atomic mass is 32.2. The number of hydrogen-bond acceptors (Lipinski definition) is 3. The molecule has 5 heteroatoms. The number of rotatable bonds is 2. The van der Waals surface area contributed by atoms with Gasteiger partial charge in [0.1, 0.15) is 5.75 Å². The van der Waals surface area contributed by atoms with Crippen molar-refractivity contribution in [2.24, 2.45) is 0 Å². The third kappa shape index (κ3) is 2.49. The molecule has 0 aliphatic heterocycles. The lowest BCUT2D eigenvalue weighted by molar-refractivity contribution is 0.461. The maximum absolute atomic E-state index is 11.0.